The van der Waals surface area contributed by atoms with E-state index in [2.05, 4.69) is 36.1 Å². The van der Waals surface area contributed by atoms with Crippen molar-refractivity contribution in [2.75, 3.05) is 33.4 Å². The molecule has 2 fully saturated rings. The zero-order valence-electron chi connectivity index (χ0n) is 17.0. The molecule has 1 N–H and O–H groups in total. The average Bonchev–Trinajstić information content (AvgIpc) is 3.05. The average molecular weight is 417 g/mol. The number of ether oxygens (including phenoxy) is 2. The molecule has 3 rings (SSSR count). The molecular weight excluding hydrogens is 387 g/mol. The van der Waals surface area contributed by atoms with Crippen LogP contribution in [-0.2, 0) is 20.8 Å². The van der Waals surface area contributed by atoms with Gasteiger partial charge in [-0.15, -0.1) is 0 Å². The van der Waals surface area contributed by atoms with Gasteiger partial charge in [0, 0.05) is 40.0 Å². The number of methoxy groups -OCH3 is 1. The highest BCUT2D eigenvalue weighted by molar-refractivity contribution is 5.73. The third-order valence-electron chi connectivity index (χ3n) is 5.74. The lowest BCUT2D eigenvalue weighted by Crippen LogP contribution is -2.47. The van der Waals surface area contributed by atoms with Gasteiger partial charge in [-0.2, -0.15) is 13.2 Å². The molecule has 0 bridgehead atoms. The number of carboxylic acids is 1. The van der Waals surface area contributed by atoms with E-state index in [9.17, 15) is 13.2 Å². The van der Waals surface area contributed by atoms with Crippen LogP contribution in [0.15, 0.2) is 24.3 Å². The van der Waals surface area contributed by atoms with Gasteiger partial charge in [0.2, 0.25) is 0 Å². The lowest BCUT2D eigenvalue weighted by atomic mass is 9.78. The SMILES string of the molecule is COCCC1CCOC12CCN(Cc1ccc(C)cc1)CC2.O=C(O)C(F)(F)F. The predicted molar refractivity (Wildman–Crippen MR) is 103 cm³/mol. The molecule has 2 heterocycles. The maximum absolute atomic E-state index is 10.6. The van der Waals surface area contributed by atoms with Crippen LogP contribution in [0.4, 0.5) is 13.2 Å². The molecule has 1 atom stereocenters. The number of hydrogen-bond acceptors (Lipinski definition) is 4. The van der Waals surface area contributed by atoms with E-state index < -0.39 is 12.1 Å². The highest BCUT2D eigenvalue weighted by Gasteiger charge is 2.45. The van der Waals surface area contributed by atoms with Crippen molar-refractivity contribution >= 4 is 5.97 Å². The summed E-state index contributed by atoms with van der Waals surface area (Å²) in [4.78, 5) is 11.5. The highest BCUT2D eigenvalue weighted by Crippen LogP contribution is 2.42. The normalized spacial score (nSPS) is 21.6. The van der Waals surface area contributed by atoms with Crippen LogP contribution < -0.4 is 0 Å². The lowest BCUT2D eigenvalue weighted by molar-refractivity contribution is -0.192. The summed E-state index contributed by atoms with van der Waals surface area (Å²) in [6.45, 7) is 7.31. The number of rotatable bonds is 5. The van der Waals surface area contributed by atoms with Crippen molar-refractivity contribution in [1.82, 2.24) is 4.90 Å². The molecule has 2 aliphatic heterocycles. The van der Waals surface area contributed by atoms with E-state index in [0.29, 0.717) is 5.92 Å². The van der Waals surface area contributed by atoms with Crippen LogP contribution in [0, 0.1) is 12.8 Å². The van der Waals surface area contributed by atoms with Crippen LogP contribution in [-0.4, -0.2) is 61.2 Å². The molecule has 0 amide bonds. The summed E-state index contributed by atoms with van der Waals surface area (Å²) >= 11 is 0. The Balaban J connectivity index is 0.000000370. The van der Waals surface area contributed by atoms with Gasteiger partial charge in [0.05, 0.1) is 5.60 Å². The van der Waals surface area contributed by atoms with E-state index >= 15 is 0 Å². The molecule has 0 aliphatic carbocycles. The van der Waals surface area contributed by atoms with Crippen LogP contribution >= 0.6 is 0 Å². The van der Waals surface area contributed by atoms with Gasteiger partial charge in [-0.3, -0.25) is 4.90 Å². The summed E-state index contributed by atoms with van der Waals surface area (Å²) in [6.07, 6.45) is -0.379. The van der Waals surface area contributed by atoms with Crippen LogP contribution in [0.5, 0.6) is 0 Å². The third kappa shape index (κ3) is 6.97. The second-order valence-electron chi connectivity index (χ2n) is 7.74. The molecule has 1 aromatic carbocycles. The molecule has 2 saturated heterocycles. The Morgan fingerprint density at radius 1 is 1.28 bits per heavy atom. The van der Waals surface area contributed by atoms with Crippen molar-refractivity contribution in [2.24, 2.45) is 5.92 Å². The van der Waals surface area contributed by atoms with Crippen LogP contribution in [0.2, 0.25) is 0 Å². The summed E-state index contributed by atoms with van der Waals surface area (Å²) in [5.74, 6) is -2.07. The minimum atomic E-state index is -5.08. The van der Waals surface area contributed by atoms with Gasteiger partial charge >= 0.3 is 12.1 Å². The summed E-state index contributed by atoms with van der Waals surface area (Å²) in [6, 6.07) is 8.93. The summed E-state index contributed by atoms with van der Waals surface area (Å²) in [5.41, 5.74) is 2.90. The van der Waals surface area contributed by atoms with Crippen molar-refractivity contribution in [3.05, 3.63) is 35.4 Å². The smallest absolute Gasteiger partial charge is 0.475 e. The Hall–Kier alpha value is -1.64. The Labute approximate surface area is 169 Å². The molecule has 0 saturated carbocycles. The molecule has 1 aromatic rings. The standard InChI is InChI=1S/C19H29NO2.C2HF3O2/c1-16-3-5-17(6-4-16)15-20-11-9-19(10-12-20)18(7-13-21-2)8-14-22-19;3-2(4,5)1(6)7/h3-6,18H,7-15H2,1-2H3;(H,6,7). The largest absolute Gasteiger partial charge is 0.490 e. The number of piperidine rings is 1. The Kier molecular flexibility index (Phi) is 8.48. The molecular formula is C21H30F3NO4. The number of alkyl halides is 3. The minimum Gasteiger partial charge on any atom is -0.475 e. The fourth-order valence-corrected chi connectivity index (χ4v) is 4.05. The number of aryl methyl sites for hydroxylation is 1. The van der Waals surface area contributed by atoms with Gasteiger partial charge in [-0.25, -0.2) is 4.79 Å². The fraction of sp³-hybridized carbons (Fsp3) is 0.667. The van der Waals surface area contributed by atoms with Crippen molar-refractivity contribution in [3.8, 4) is 0 Å². The van der Waals surface area contributed by atoms with Gasteiger partial charge in [-0.05, 0) is 44.1 Å². The lowest BCUT2D eigenvalue weighted by Gasteiger charge is -2.42. The Morgan fingerprint density at radius 2 is 1.86 bits per heavy atom. The Morgan fingerprint density at radius 3 is 2.38 bits per heavy atom. The molecule has 8 heteroatoms. The summed E-state index contributed by atoms with van der Waals surface area (Å²) < 4.78 is 43.2. The second kappa shape index (κ2) is 10.4. The first kappa shape index (κ1) is 23.6. The van der Waals surface area contributed by atoms with Gasteiger partial charge in [0.15, 0.2) is 0 Å². The molecule has 164 valence electrons. The number of carboxylic acid groups (broad SMARTS) is 1. The minimum absolute atomic E-state index is 0.141. The number of likely N-dealkylation sites (tertiary alicyclic amines) is 1. The monoisotopic (exact) mass is 417 g/mol. The molecule has 1 unspecified atom stereocenters. The zero-order valence-corrected chi connectivity index (χ0v) is 17.0. The molecule has 1 spiro atoms. The van der Waals surface area contributed by atoms with Crippen LogP contribution in [0.25, 0.3) is 0 Å². The molecule has 2 aliphatic rings. The molecule has 0 radical (unpaired) electrons. The van der Waals surface area contributed by atoms with Crippen molar-refractivity contribution in [1.29, 1.82) is 0 Å². The van der Waals surface area contributed by atoms with E-state index in [1.165, 1.54) is 30.4 Å². The van der Waals surface area contributed by atoms with E-state index in [4.69, 9.17) is 19.4 Å². The number of benzene rings is 1. The number of carbonyl (C=O) groups is 1. The van der Waals surface area contributed by atoms with Crippen molar-refractivity contribution in [2.45, 2.75) is 50.9 Å². The van der Waals surface area contributed by atoms with Crippen molar-refractivity contribution < 1.29 is 32.5 Å². The first-order valence-corrected chi connectivity index (χ1v) is 9.87. The summed E-state index contributed by atoms with van der Waals surface area (Å²) in [7, 11) is 1.80. The summed E-state index contributed by atoms with van der Waals surface area (Å²) in [5, 5.41) is 7.12. The van der Waals surface area contributed by atoms with E-state index in [-0.39, 0.29) is 5.60 Å². The first-order valence-electron chi connectivity index (χ1n) is 9.87. The third-order valence-corrected chi connectivity index (χ3v) is 5.74. The zero-order chi connectivity index (χ0) is 21.5. The van der Waals surface area contributed by atoms with Crippen LogP contribution in [0.1, 0.15) is 36.8 Å². The highest BCUT2D eigenvalue weighted by atomic mass is 19.4. The maximum atomic E-state index is 10.6. The van der Waals surface area contributed by atoms with Gasteiger partial charge in [0.25, 0.3) is 0 Å². The van der Waals surface area contributed by atoms with Crippen molar-refractivity contribution in [3.63, 3.8) is 0 Å². The number of aliphatic carboxylic acids is 1. The molecule has 29 heavy (non-hydrogen) atoms. The van der Waals surface area contributed by atoms with E-state index in [1.54, 1.807) is 7.11 Å². The Bertz CT molecular complexity index is 640. The van der Waals surface area contributed by atoms with E-state index in [0.717, 1.165) is 39.3 Å². The predicted octanol–water partition coefficient (Wildman–Crippen LogP) is 4.04. The van der Waals surface area contributed by atoms with Crippen LogP contribution in [0.3, 0.4) is 0 Å². The maximum Gasteiger partial charge on any atom is 0.490 e. The molecule has 5 nitrogen and oxygen atoms in total. The second-order valence-corrected chi connectivity index (χ2v) is 7.74. The van der Waals surface area contributed by atoms with E-state index in [1.807, 2.05) is 0 Å². The topological polar surface area (TPSA) is 59.0 Å². The number of nitrogens with zero attached hydrogens (tertiary/aromatic N) is 1. The number of halogens is 3. The van der Waals surface area contributed by atoms with Gasteiger partial charge in [-0.1, -0.05) is 29.8 Å². The van der Waals surface area contributed by atoms with Gasteiger partial charge in [0.1, 0.15) is 0 Å². The first-order chi connectivity index (χ1) is 13.7. The fourth-order valence-electron chi connectivity index (χ4n) is 4.05. The number of hydrogen-bond donors (Lipinski definition) is 1. The molecule has 0 aromatic heterocycles. The quantitative estimate of drug-likeness (QED) is 0.784. The van der Waals surface area contributed by atoms with Gasteiger partial charge < -0.3 is 14.6 Å².